The van der Waals surface area contributed by atoms with E-state index in [9.17, 15) is 0 Å². The Labute approximate surface area is 133 Å². The molecular formula is C17H18ClNOS. The van der Waals surface area contributed by atoms with Crippen LogP contribution >= 0.6 is 22.9 Å². The van der Waals surface area contributed by atoms with Crippen LogP contribution in [0.1, 0.15) is 35.6 Å². The third-order valence-corrected chi connectivity index (χ3v) is 4.90. The number of benzene rings is 1. The molecule has 21 heavy (non-hydrogen) atoms. The van der Waals surface area contributed by atoms with E-state index in [4.69, 9.17) is 16.0 Å². The van der Waals surface area contributed by atoms with Gasteiger partial charge in [0.1, 0.15) is 17.4 Å². The van der Waals surface area contributed by atoms with Crippen LogP contribution in [0.2, 0.25) is 5.02 Å². The number of hydrogen-bond donors (Lipinski definition) is 1. The lowest BCUT2D eigenvalue weighted by molar-refractivity contribution is 0.473. The maximum Gasteiger partial charge on any atom is 0.134 e. The maximum absolute atomic E-state index is 6.32. The Kier molecular flexibility index (Phi) is 4.34. The molecule has 2 nitrogen and oxygen atoms in total. The molecule has 1 aromatic carbocycles. The highest BCUT2D eigenvalue weighted by molar-refractivity contribution is 7.10. The lowest BCUT2D eigenvalue weighted by Crippen LogP contribution is -2.22. The highest BCUT2D eigenvalue weighted by Gasteiger charge is 2.21. The first-order chi connectivity index (χ1) is 10.2. The molecule has 0 saturated heterocycles. The van der Waals surface area contributed by atoms with Gasteiger partial charge in [0.25, 0.3) is 0 Å². The highest BCUT2D eigenvalue weighted by Crippen LogP contribution is 2.35. The van der Waals surface area contributed by atoms with Gasteiger partial charge in [0.2, 0.25) is 0 Å². The molecule has 1 unspecified atom stereocenters. The summed E-state index contributed by atoms with van der Waals surface area (Å²) >= 11 is 7.98. The number of thiophene rings is 1. The molecule has 0 spiro atoms. The summed E-state index contributed by atoms with van der Waals surface area (Å²) in [6.45, 7) is 5.17. The second-order valence-corrected chi connectivity index (χ2v) is 6.56. The van der Waals surface area contributed by atoms with Gasteiger partial charge in [-0.1, -0.05) is 30.2 Å². The van der Waals surface area contributed by atoms with Crippen LogP contribution in [0.5, 0.6) is 0 Å². The number of hydrogen-bond acceptors (Lipinski definition) is 3. The summed E-state index contributed by atoms with van der Waals surface area (Å²) in [4.78, 5) is 1.11. The zero-order valence-corrected chi connectivity index (χ0v) is 13.7. The molecule has 0 aliphatic carbocycles. The van der Waals surface area contributed by atoms with E-state index in [2.05, 4.69) is 37.4 Å². The van der Waals surface area contributed by atoms with Gasteiger partial charge in [0, 0.05) is 10.3 Å². The topological polar surface area (TPSA) is 25.2 Å². The van der Waals surface area contributed by atoms with E-state index in [0.29, 0.717) is 0 Å². The van der Waals surface area contributed by atoms with Crippen molar-refractivity contribution < 1.29 is 4.42 Å². The molecule has 2 aromatic heterocycles. The Morgan fingerprint density at radius 2 is 2.14 bits per heavy atom. The smallest absolute Gasteiger partial charge is 0.134 e. The molecule has 0 fully saturated rings. The Morgan fingerprint density at radius 1 is 1.29 bits per heavy atom. The number of furan rings is 1. The summed E-state index contributed by atoms with van der Waals surface area (Å²) in [5.74, 6) is 0.924. The van der Waals surface area contributed by atoms with E-state index >= 15 is 0 Å². The molecule has 0 bridgehead atoms. The summed E-state index contributed by atoms with van der Waals surface area (Å²) in [6.07, 6.45) is 1.07. The standard InChI is InChI=1S/C17H18ClNOS/c1-3-7-19-16(17-13(18)6-8-21-17)15-10-12-9-11(2)4-5-14(12)20-15/h4-6,8-10,16,19H,3,7H2,1-2H3. The average Bonchev–Trinajstić information content (AvgIpc) is 3.06. The van der Waals surface area contributed by atoms with Gasteiger partial charge in [-0.3, -0.25) is 0 Å². The van der Waals surface area contributed by atoms with Crippen LogP contribution in [-0.4, -0.2) is 6.54 Å². The normalized spacial score (nSPS) is 12.9. The number of fused-ring (bicyclic) bond motifs is 1. The molecule has 3 aromatic rings. The third kappa shape index (κ3) is 3.00. The van der Waals surface area contributed by atoms with Crippen molar-refractivity contribution in [2.75, 3.05) is 6.54 Å². The summed E-state index contributed by atoms with van der Waals surface area (Å²) in [6, 6.07) is 10.3. The van der Waals surface area contributed by atoms with E-state index in [1.807, 2.05) is 17.5 Å². The minimum absolute atomic E-state index is 0.0187. The van der Waals surface area contributed by atoms with Crippen molar-refractivity contribution in [3.63, 3.8) is 0 Å². The first-order valence-corrected chi connectivity index (χ1v) is 8.41. The van der Waals surface area contributed by atoms with Gasteiger partial charge in [-0.2, -0.15) is 0 Å². The summed E-state index contributed by atoms with van der Waals surface area (Å²) < 4.78 is 6.05. The number of halogens is 1. The zero-order valence-electron chi connectivity index (χ0n) is 12.2. The SMILES string of the molecule is CCCNC(c1cc2cc(C)ccc2o1)c1sccc1Cl. The van der Waals surface area contributed by atoms with E-state index in [1.54, 1.807) is 11.3 Å². The monoisotopic (exact) mass is 319 g/mol. The van der Waals surface area contributed by atoms with Crippen LogP contribution in [0.3, 0.4) is 0 Å². The number of rotatable bonds is 5. The van der Waals surface area contributed by atoms with Crippen molar-refractivity contribution in [2.45, 2.75) is 26.3 Å². The van der Waals surface area contributed by atoms with Crippen LogP contribution in [0.25, 0.3) is 11.0 Å². The molecule has 0 aliphatic heterocycles. The van der Waals surface area contributed by atoms with Gasteiger partial charge >= 0.3 is 0 Å². The van der Waals surface area contributed by atoms with Gasteiger partial charge in [-0.15, -0.1) is 11.3 Å². The summed E-state index contributed by atoms with van der Waals surface area (Å²) in [5.41, 5.74) is 2.16. The minimum atomic E-state index is 0.0187. The van der Waals surface area contributed by atoms with E-state index < -0.39 is 0 Å². The number of nitrogens with one attached hydrogen (secondary N) is 1. The first kappa shape index (κ1) is 14.6. The Bertz CT molecular complexity index is 746. The van der Waals surface area contributed by atoms with Crippen molar-refractivity contribution >= 4 is 33.9 Å². The third-order valence-electron chi connectivity index (χ3n) is 3.48. The number of aryl methyl sites for hydroxylation is 1. The largest absolute Gasteiger partial charge is 0.459 e. The summed E-state index contributed by atoms with van der Waals surface area (Å²) in [5, 5.41) is 7.49. The molecule has 1 atom stereocenters. The molecule has 0 amide bonds. The van der Waals surface area contributed by atoms with Crippen LogP contribution in [0.15, 0.2) is 40.1 Å². The molecule has 1 N–H and O–H groups in total. The lowest BCUT2D eigenvalue weighted by atomic mass is 10.1. The van der Waals surface area contributed by atoms with Gasteiger partial charge < -0.3 is 9.73 Å². The van der Waals surface area contributed by atoms with Crippen molar-refractivity contribution in [1.82, 2.24) is 5.32 Å². The van der Waals surface area contributed by atoms with E-state index in [0.717, 1.165) is 39.6 Å². The van der Waals surface area contributed by atoms with Crippen LogP contribution in [0, 0.1) is 6.92 Å². The molecule has 0 radical (unpaired) electrons. The quantitative estimate of drug-likeness (QED) is 0.667. The maximum atomic E-state index is 6.32. The van der Waals surface area contributed by atoms with Crippen molar-refractivity contribution in [2.24, 2.45) is 0 Å². The molecule has 4 heteroatoms. The zero-order chi connectivity index (χ0) is 14.8. The fourth-order valence-electron chi connectivity index (χ4n) is 2.45. The summed E-state index contributed by atoms with van der Waals surface area (Å²) in [7, 11) is 0. The van der Waals surface area contributed by atoms with Gasteiger partial charge in [0.15, 0.2) is 0 Å². The molecule has 110 valence electrons. The lowest BCUT2D eigenvalue weighted by Gasteiger charge is -2.15. The predicted octanol–water partition coefficient (Wildman–Crippen LogP) is 5.55. The highest BCUT2D eigenvalue weighted by atomic mass is 35.5. The second-order valence-electron chi connectivity index (χ2n) is 5.21. The Morgan fingerprint density at radius 3 is 2.86 bits per heavy atom. The minimum Gasteiger partial charge on any atom is -0.459 e. The van der Waals surface area contributed by atoms with Crippen molar-refractivity contribution in [3.8, 4) is 0 Å². The fraction of sp³-hybridized carbons (Fsp3) is 0.294. The molecule has 3 rings (SSSR count). The molecular weight excluding hydrogens is 302 g/mol. The van der Waals surface area contributed by atoms with Crippen molar-refractivity contribution in [3.05, 3.63) is 56.9 Å². The van der Waals surface area contributed by atoms with Crippen LogP contribution in [-0.2, 0) is 0 Å². The first-order valence-electron chi connectivity index (χ1n) is 7.15. The molecule has 2 heterocycles. The van der Waals surface area contributed by atoms with Gasteiger partial charge in [-0.25, -0.2) is 0 Å². The average molecular weight is 320 g/mol. The van der Waals surface area contributed by atoms with Gasteiger partial charge in [-0.05, 0) is 49.5 Å². The Hall–Kier alpha value is -1.29. The fourth-order valence-corrected chi connectivity index (χ4v) is 3.70. The predicted molar refractivity (Wildman–Crippen MR) is 90.4 cm³/mol. The second kappa shape index (κ2) is 6.22. The van der Waals surface area contributed by atoms with E-state index in [1.165, 1.54) is 5.56 Å². The molecule has 0 saturated carbocycles. The van der Waals surface area contributed by atoms with E-state index in [-0.39, 0.29) is 6.04 Å². The Balaban J connectivity index is 2.03. The van der Waals surface area contributed by atoms with Gasteiger partial charge in [0.05, 0.1) is 5.02 Å². The van der Waals surface area contributed by atoms with Crippen LogP contribution in [0.4, 0.5) is 0 Å². The molecule has 0 aliphatic rings. The van der Waals surface area contributed by atoms with Crippen molar-refractivity contribution in [1.29, 1.82) is 0 Å². The van der Waals surface area contributed by atoms with Crippen LogP contribution < -0.4 is 5.32 Å².